The van der Waals surface area contributed by atoms with Gasteiger partial charge in [-0.25, -0.2) is 4.79 Å². The Hall–Kier alpha value is -2.76. The van der Waals surface area contributed by atoms with Gasteiger partial charge in [0.15, 0.2) is 0 Å². The van der Waals surface area contributed by atoms with E-state index in [9.17, 15) is 4.79 Å². The monoisotopic (exact) mass is 257 g/mol. The average molecular weight is 257 g/mol. The quantitative estimate of drug-likeness (QED) is 0.667. The Morgan fingerprint density at radius 2 is 2.37 bits per heavy atom. The SMILES string of the molecule is O=C(O)c1coc(CNc2cccc3cn[nH]c23)c1. The van der Waals surface area contributed by atoms with Crippen LogP contribution in [-0.4, -0.2) is 21.3 Å². The molecule has 19 heavy (non-hydrogen) atoms. The lowest BCUT2D eigenvalue weighted by Crippen LogP contribution is -1.99. The fourth-order valence-corrected chi connectivity index (χ4v) is 1.88. The van der Waals surface area contributed by atoms with Crippen LogP contribution in [0.3, 0.4) is 0 Å². The lowest BCUT2D eigenvalue weighted by molar-refractivity contribution is 0.0696. The maximum absolute atomic E-state index is 10.7. The third-order valence-corrected chi connectivity index (χ3v) is 2.83. The van der Waals surface area contributed by atoms with Crippen molar-refractivity contribution in [3.05, 3.63) is 48.0 Å². The van der Waals surface area contributed by atoms with Gasteiger partial charge in [0.1, 0.15) is 12.0 Å². The van der Waals surface area contributed by atoms with Crippen molar-refractivity contribution in [3.63, 3.8) is 0 Å². The number of rotatable bonds is 4. The minimum absolute atomic E-state index is 0.150. The topological polar surface area (TPSA) is 91.2 Å². The highest BCUT2D eigenvalue weighted by Crippen LogP contribution is 2.21. The van der Waals surface area contributed by atoms with Crippen LogP contribution in [0.2, 0.25) is 0 Å². The molecule has 3 rings (SSSR count). The molecular formula is C13H11N3O3. The number of carbonyl (C=O) groups is 1. The molecule has 6 nitrogen and oxygen atoms in total. The lowest BCUT2D eigenvalue weighted by atomic mass is 10.2. The maximum Gasteiger partial charge on any atom is 0.338 e. The maximum atomic E-state index is 10.7. The van der Waals surface area contributed by atoms with E-state index in [-0.39, 0.29) is 5.56 Å². The Bertz CT molecular complexity index is 729. The zero-order valence-corrected chi connectivity index (χ0v) is 9.88. The number of fused-ring (bicyclic) bond motifs is 1. The average Bonchev–Trinajstić information content (AvgIpc) is 3.05. The Balaban J connectivity index is 1.78. The van der Waals surface area contributed by atoms with E-state index in [2.05, 4.69) is 15.5 Å². The van der Waals surface area contributed by atoms with Gasteiger partial charge in [0, 0.05) is 5.39 Å². The van der Waals surface area contributed by atoms with Crippen molar-refractivity contribution >= 4 is 22.6 Å². The summed E-state index contributed by atoms with van der Waals surface area (Å²) in [6.45, 7) is 0.408. The molecule has 0 fully saturated rings. The normalized spacial score (nSPS) is 10.7. The van der Waals surface area contributed by atoms with Crippen molar-refractivity contribution in [2.45, 2.75) is 6.54 Å². The summed E-state index contributed by atoms with van der Waals surface area (Å²) >= 11 is 0. The molecule has 0 atom stereocenters. The lowest BCUT2D eigenvalue weighted by Gasteiger charge is -2.05. The van der Waals surface area contributed by atoms with E-state index in [1.807, 2.05) is 18.2 Å². The number of carboxylic acids is 1. The fourth-order valence-electron chi connectivity index (χ4n) is 1.88. The number of para-hydroxylation sites is 1. The zero-order valence-electron chi connectivity index (χ0n) is 9.88. The van der Waals surface area contributed by atoms with E-state index in [1.165, 1.54) is 12.3 Å². The van der Waals surface area contributed by atoms with Gasteiger partial charge in [-0.3, -0.25) is 5.10 Å². The molecular weight excluding hydrogens is 246 g/mol. The minimum atomic E-state index is -0.995. The molecule has 0 saturated heterocycles. The summed E-state index contributed by atoms with van der Waals surface area (Å²) in [7, 11) is 0. The molecule has 3 N–H and O–H groups in total. The van der Waals surface area contributed by atoms with Crippen LogP contribution >= 0.6 is 0 Å². The molecule has 0 amide bonds. The van der Waals surface area contributed by atoms with Crippen molar-refractivity contribution in [2.24, 2.45) is 0 Å². The van der Waals surface area contributed by atoms with Crippen LogP contribution in [0, 0.1) is 0 Å². The van der Waals surface area contributed by atoms with Crippen molar-refractivity contribution in [1.82, 2.24) is 10.2 Å². The molecule has 0 unspecified atom stereocenters. The van der Waals surface area contributed by atoms with E-state index in [0.717, 1.165) is 16.6 Å². The molecule has 0 saturated carbocycles. The summed E-state index contributed by atoms with van der Waals surface area (Å²) in [6, 6.07) is 7.30. The molecule has 96 valence electrons. The van der Waals surface area contributed by atoms with Gasteiger partial charge < -0.3 is 14.8 Å². The number of furan rings is 1. The molecule has 2 heterocycles. The molecule has 6 heteroatoms. The number of aromatic nitrogens is 2. The van der Waals surface area contributed by atoms with Crippen LogP contribution in [0.4, 0.5) is 5.69 Å². The highest BCUT2D eigenvalue weighted by Gasteiger charge is 2.08. The molecule has 0 aliphatic heterocycles. The minimum Gasteiger partial charge on any atom is -0.478 e. The summed E-state index contributed by atoms with van der Waals surface area (Å²) in [6.07, 6.45) is 2.98. The largest absolute Gasteiger partial charge is 0.478 e. The predicted octanol–water partition coefficient (Wildman–Crippen LogP) is 2.47. The second-order valence-corrected chi connectivity index (χ2v) is 4.10. The van der Waals surface area contributed by atoms with Gasteiger partial charge in [0.2, 0.25) is 0 Å². The number of H-pyrrole nitrogens is 1. The van der Waals surface area contributed by atoms with Crippen molar-refractivity contribution in [2.75, 3.05) is 5.32 Å². The van der Waals surface area contributed by atoms with Crippen LogP contribution in [0.1, 0.15) is 16.1 Å². The van der Waals surface area contributed by atoms with Gasteiger partial charge >= 0.3 is 5.97 Å². The highest BCUT2D eigenvalue weighted by atomic mass is 16.4. The van der Waals surface area contributed by atoms with E-state index < -0.39 is 5.97 Å². The predicted molar refractivity (Wildman–Crippen MR) is 69.1 cm³/mol. The number of nitrogens with zero attached hydrogens (tertiary/aromatic N) is 1. The van der Waals surface area contributed by atoms with Crippen LogP contribution in [0.15, 0.2) is 41.1 Å². The van der Waals surface area contributed by atoms with Gasteiger partial charge in [-0.15, -0.1) is 0 Å². The Kier molecular flexibility index (Phi) is 2.68. The van der Waals surface area contributed by atoms with Gasteiger partial charge in [-0.2, -0.15) is 5.10 Å². The Morgan fingerprint density at radius 1 is 1.47 bits per heavy atom. The summed E-state index contributed by atoms with van der Waals surface area (Å²) in [5.41, 5.74) is 1.95. The first-order valence-electron chi connectivity index (χ1n) is 5.71. The summed E-state index contributed by atoms with van der Waals surface area (Å²) in [4.78, 5) is 10.7. The number of nitrogens with one attached hydrogen (secondary N) is 2. The summed E-state index contributed by atoms with van der Waals surface area (Å²) in [5.74, 6) is -0.431. The van der Waals surface area contributed by atoms with Gasteiger partial charge in [0.05, 0.1) is 29.5 Å². The number of anilines is 1. The standard InChI is InChI=1S/C13H11N3O3/c17-13(18)9-4-10(19-7-9)6-14-11-3-1-2-8-5-15-16-12(8)11/h1-5,7,14H,6H2,(H,15,16)(H,17,18). The van der Waals surface area contributed by atoms with Gasteiger partial charge in [0.25, 0.3) is 0 Å². The van der Waals surface area contributed by atoms with E-state index in [1.54, 1.807) is 6.20 Å². The molecule has 0 aliphatic rings. The van der Waals surface area contributed by atoms with Gasteiger partial charge in [-0.1, -0.05) is 12.1 Å². The van der Waals surface area contributed by atoms with E-state index in [4.69, 9.17) is 9.52 Å². The number of aromatic carboxylic acids is 1. The smallest absolute Gasteiger partial charge is 0.338 e. The fraction of sp³-hybridized carbons (Fsp3) is 0.0769. The molecule has 1 aromatic carbocycles. The summed E-state index contributed by atoms with van der Waals surface area (Å²) in [5, 5.41) is 19.9. The number of hydrogen-bond acceptors (Lipinski definition) is 4. The van der Waals surface area contributed by atoms with Crippen molar-refractivity contribution in [3.8, 4) is 0 Å². The number of benzene rings is 1. The third kappa shape index (κ3) is 2.15. The van der Waals surface area contributed by atoms with Crippen LogP contribution in [-0.2, 0) is 6.54 Å². The highest BCUT2D eigenvalue weighted by molar-refractivity contribution is 5.90. The first-order chi connectivity index (χ1) is 9.24. The Morgan fingerprint density at radius 3 is 3.16 bits per heavy atom. The first kappa shape index (κ1) is 11.3. The molecule has 0 spiro atoms. The number of carboxylic acid groups (broad SMARTS) is 1. The van der Waals surface area contributed by atoms with Crippen LogP contribution in [0.25, 0.3) is 10.9 Å². The van der Waals surface area contributed by atoms with Crippen LogP contribution in [0.5, 0.6) is 0 Å². The third-order valence-electron chi connectivity index (χ3n) is 2.83. The first-order valence-corrected chi connectivity index (χ1v) is 5.71. The Labute approximate surface area is 108 Å². The van der Waals surface area contributed by atoms with Crippen LogP contribution < -0.4 is 5.32 Å². The van der Waals surface area contributed by atoms with E-state index >= 15 is 0 Å². The summed E-state index contributed by atoms with van der Waals surface area (Å²) < 4.78 is 5.17. The zero-order chi connectivity index (χ0) is 13.2. The van der Waals surface area contributed by atoms with Crippen molar-refractivity contribution < 1.29 is 14.3 Å². The molecule has 2 aromatic heterocycles. The van der Waals surface area contributed by atoms with Gasteiger partial charge in [-0.05, 0) is 12.1 Å². The van der Waals surface area contributed by atoms with E-state index in [0.29, 0.717) is 12.3 Å². The number of aromatic amines is 1. The second kappa shape index (κ2) is 4.49. The molecule has 0 radical (unpaired) electrons. The molecule has 3 aromatic rings. The second-order valence-electron chi connectivity index (χ2n) is 4.10. The van der Waals surface area contributed by atoms with Crippen molar-refractivity contribution in [1.29, 1.82) is 0 Å². The molecule has 0 bridgehead atoms. The number of hydrogen-bond donors (Lipinski definition) is 3. The molecule has 0 aliphatic carbocycles.